The molecule has 0 spiro atoms. The third-order valence-corrected chi connectivity index (χ3v) is 4.54. The van der Waals surface area contributed by atoms with Crippen LogP contribution >= 0.6 is 11.8 Å². The number of nitrogens with zero attached hydrogens (tertiary/aromatic N) is 1. The molecule has 100 valence electrons. The summed E-state index contributed by atoms with van der Waals surface area (Å²) in [5.41, 5.74) is 2.61. The lowest BCUT2D eigenvalue weighted by molar-refractivity contribution is 0.585. The third-order valence-electron chi connectivity index (χ3n) is 3.38. The van der Waals surface area contributed by atoms with E-state index in [0.717, 1.165) is 28.3 Å². The first kappa shape index (κ1) is 13.0. The molecule has 1 N–H and O–H groups in total. The molecule has 4 heteroatoms. The predicted molar refractivity (Wildman–Crippen MR) is 79.3 cm³/mol. The Morgan fingerprint density at radius 1 is 1.20 bits per heavy atom. The molecule has 0 saturated carbocycles. The lowest BCUT2D eigenvalue weighted by Crippen LogP contribution is -2.16. The molecule has 0 bridgehead atoms. The fraction of sp³-hybridized carbons (Fsp3) is 0.188. The summed E-state index contributed by atoms with van der Waals surface area (Å²) in [6.45, 7) is 0. The summed E-state index contributed by atoms with van der Waals surface area (Å²) >= 11 is 1.58. The molecule has 1 atom stereocenters. The molecular formula is C16H13FN2S. The van der Waals surface area contributed by atoms with Gasteiger partial charge in [-0.15, -0.1) is 11.8 Å². The van der Waals surface area contributed by atoms with Crippen molar-refractivity contribution in [2.75, 3.05) is 11.1 Å². The van der Waals surface area contributed by atoms with E-state index in [0.29, 0.717) is 5.56 Å². The average molecular weight is 284 g/mol. The Hall–Kier alpha value is -1.99. The zero-order chi connectivity index (χ0) is 13.9. The van der Waals surface area contributed by atoms with Gasteiger partial charge in [0.25, 0.3) is 0 Å². The maximum atomic E-state index is 13.8. The predicted octanol–water partition coefficient (Wildman–Crippen LogP) is 4.35. The number of hydrogen-bond donors (Lipinski definition) is 1. The molecule has 0 aromatic heterocycles. The minimum absolute atomic E-state index is 0.120. The highest BCUT2D eigenvalue weighted by Crippen LogP contribution is 2.39. The molecule has 3 rings (SSSR count). The molecule has 0 fully saturated rings. The second kappa shape index (κ2) is 5.56. The van der Waals surface area contributed by atoms with Gasteiger partial charge in [0.2, 0.25) is 0 Å². The Morgan fingerprint density at radius 3 is 2.75 bits per heavy atom. The second-order valence-corrected chi connectivity index (χ2v) is 5.79. The lowest BCUT2D eigenvalue weighted by atomic mass is 10.0. The molecule has 2 aromatic carbocycles. The smallest absolute Gasteiger partial charge is 0.137 e. The van der Waals surface area contributed by atoms with E-state index in [4.69, 9.17) is 5.26 Å². The van der Waals surface area contributed by atoms with Crippen LogP contribution in [-0.2, 0) is 0 Å². The first-order valence-electron chi connectivity index (χ1n) is 6.46. The molecular weight excluding hydrogens is 271 g/mol. The van der Waals surface area contributed by atoms with Gasteiger partial charge in [-0.2, -0.15) is 5.26 Å². The highest BCUT2D eigenvalue weighted by molar-refractivity contribution is 7.99. The van der Waals surface area contributed by atoms with Crippen LogP contribution in [0.1, 0.15) is 23.6 Å². The minimum atomic E-state index is -0.140. The van der Waals surface area contributed by atoms with Crippen molar-refractivity contribution in [3.63, 3.8) is 0 Å². The SMILES string of the molecule is N#Cc1ccc(NC2CCSc3c(F)cccc32)cc1. The van der Waals surface area contributed by atoms with Gasteiger partial charge in [0.15, 0.2) is 0 Å². The average Bonchev–Trinajstić information content (AvgIpc) is 2.49. The number of benzene rings is 2. The Morgan fingerprint density at radius 2 is 2.00 bits per heavy atom. The molecule has 1 aliphatic heterocycles. The quantitative estimate of drug-likeness (QED) is 0.890. The summed E-state index contributed by atoms with van der Waals surface area (Å²) in [4.78, 5) is 0.755. The first-order valence-corrected chi connectivity index (χ1v) is 7.44. The van der Waals surface area contributed by atoms with E-state index in [-0.39, 0.29) is 11.9 Å². The van der Waals surface area contributed by atoms with Gasteiger partial charge in [-0.1, -0.05) is 12.1 Å². The zero-order valence-corrected chi connectivity index (χ0v) is 11.6. The summed E-state index contributed by atoms with van der Waals surface area (Å²) in [5.74, 6) is 0.765. The molecule has 0 saturated heterocycles. The summed E-state index contributed by atoms with van der Waals surface area (Å²) in [5, 5.41) is 12.2. The van der Waals surface area contributed by atoms with Crippen LogP contribution in [-0.4, -0.2) is 5.75 Å². The third kappa shape index (κ3) is 2.50. The summed E-state index contributed by atoms with van der Waals surface area (Å²) in [7, 11) is 0. The van der Waals surface area contributed by atoms with Gasteiger partial charge in [-0.25, -0.2) is 4.39 Å². The van der Waals surface area contributed by atoms with E-state index in [1.54, 1.807) is 30.0 Å². The van der Waals surface area contributed by atoms with E-state index in [1.165, 1.54) is 6.07 Å². The second-order valence-electron chi connectivity index (χ2n) is 4.68. The first-order chi connectivity index (χ1) is 9.78. The molecule has 0 amide bonds. The van der Waals surface area contributed by atoms with Gasteiger partial charge >= 0.3 is 0 Å². The topological polar surface area (TPSA) is 35.8 Å². The van der Waals surface area contributed by atoms with Crippen molar-refractivity contribution < 1.29 is 4.39 Å². The van der Waals surface area contributed by atoms with Crippen molar-refractivity contribution >= 4 is 17.4 Å². The van der Waals surface area contributed by atoms with Gasteiger partial charge in [0.05, 0.1) is 17.7 Å². The normalized spacial score (nSPS) is 17.1. The van der Waals surface area contributed by atoms with Crippen LogP contribution in [0, 0.1) is 17.1 Å². The number of anilines is 1. The highest BCUT2D eigenvalue weighted by atomic mass is 32.2. The van der Waals surface area contributed by atoms with Gasteiger partial charge in [-0.05, 0) is 42.3 Å². The largest absolute Gasteiger partial charge is 0.378 e. The van der Waals surface area contributed by atoms with Crippen molar-refractivity contribution in [2.45, 2.75) is 17.4 Å². The lowest BCUT2D eigenvalue weighted by Gasteiger charge is -2.27. The van der Waals surface area contributed by atoms with E-state index >= 15 is 0 Å². The monoisotopic (exact) mass is 284 g/mol. The molecule has 0 aliphatic carbocycles. The summed E-state index contributed by atoms with van der Waals surface area (Å²) in [6, 6.07) is 14.8. The fourth-order valence-corrected chi connectivity index (χ4v) is 3.52. The number of fused-ring (bicyclic) bond motifs is 1. The van der Waals surface area contributed by atoms with Crippen LogP contribution in [0.25, 0.3) is 0 Å². The molecule has 1 heterocycles. The van der Waals surface area contributed by atoms with Crippen molar-refractivity contribution in [1.82, 2.24) is 0 Å². The van der Waals surface area contributed by atoms with Crippen LogP contribution in [0.4, 0.5) is 10.1 Å². The van der Waals surface area contributed by atoms with Crippen LogP contribution in [0.5, 0.6) is 0 Å². The number of halogens is 1. The van der Waals surface area contributed by atoms with Gasteiger partial charge in [0, 0.05) is 16.3 Å². The number of hydrogen-bond acceptors (Lipinski definition) is 3. The molecule has 20 heavy (non-hydrogen) atoms. The molecule has 2 nitrogen and oxygen atoms in total. The standard InChI is InChI=1S/C16H13FN2S/c17-14-3-1-2-13-15(8-9-20-16(13)14)19-12-6-4-11(10-18)5-7-12/h1-7,15,19H,8-9H2. The minimum Gasteiger partial charge on any atom is -0.378 e. The Kier molecular flexibility index (Phi) is 3.62. The van der Waals surface area contributed by atoms with Crippen LogP contribution in [0.15, 0.2) is 47.4 Å². The van der Waals surface area contributed by atoms with E-state index in [2.05, 4.69) is 11.4 Å². The number of nitrogens with one attached hydrogen (secondary N) is 1. The van der Waals surface area contributed by atoms with Gasteiger partial charge in [0.1, 0.15) is 5.82 Å². The summed E-state index contributed by atoms with van der Waals surface area (Å²) < 4.78 is 13.8. The summed E-state index contributed by atoms with van der Waals surface area (Å²) in [6.07, 6.45) is 0.959. The molecule has 1 unspecified atom stereocenters. The van der Waals surface area contributed by atoms with Crippen LogP contribution < -0.4 is 5.32 Å². The van der Waals surface area contributed by atoms with E-state index < -0.39 is 0 Å². The van der Waals surface area contributed by atoms with Crippen LogP contribution in [0.2, 0.25) is 0 Å². The zero-order valence-electron chi connectivity index (χ0n) is 10.8. The van der Waals surface area contributed by atoms with E-state index in [9.17, 15) is 4.39 Å². The van der Waals surface area contributed by atoms with Crippen molar-refractivity contribution in [1.29, 1.82) is 5.26 Å². The molecule has 1 aliphatic rings. The van der Waals surface area contributed by atoms with Crippen molar-refractivity contribution in [2.24, 2.45) is 0 Å². The Labute approximate surface area is 121 Å². The number of nitriles is 1. The highest BCUT2D eigenvalue weighted by Gasteiger charge is 2.22. The van der Waals surface area contributed by atoms with E-state index in [1.807, 2.05) is 18.2 Å². The molecule has 2 aromatic rings. The van der Waals surface area contributed by atoms with Crippen molar-refractivity contribution in [3.05, 3.63) is 59.4 Å². The van der Waals surface area contributed by atoms with Crippen molar-refractivity contribution in [3.8, 4) is 6.07 Å². The number of rotatable bonds is 2. The van der Waals surface area contributed by atoms with Crippen LogP contribution in [0.3, 0.4) is 0 Å². The fourth-order valence-electron chi connectivity index (χ4n) is 2.38. The maximum Gasteiger partial charge on any atom is 0.137 e. The molecule has 0 radical (unpaired) electrons. The maximum absolute atomic E-state index is 13.8. The number of thioether (sulfide) groups is 1. The Balaban J connectivity index is 1.86. The van der Waals surface area contributed by atoms with Gasteiger partial charge < -0.3 is 5.32 Å². The Bertz CT molecular complexity index is 661. The van der Waals surface area contributed by atoms with Gasteiger partial charge in [-0.3, -0.25) is 0 Å².